The number of piperazine rings is 1. The SMILES string of the molecule is COc1ccc(Cl)cc1S(=O)(=O)N1CCN(c2cc(C)c3ccccc3n2)CC1. The number of para-hydroxylation sites is 1. The summed E-state index contributed by atoms with van der Waals surface area (Å²) >= 11 is 6.03. The molecule has 0 saturated carbocycles. The smallest absolute Gasteiger partial charge is 0.246 e. The Hall–Kier alpha value is -2.35. The lowest BCUT2D eigenvalue weighted by atomic mass is 10.1. The van der Waals surface area contributed by atoms with Crippen molar-refractivity contribution in [2.45, 2.75) is 11.8 Å². The fourth-order valence-corrected chi connectivity index (χ4v) is 5.48. The third kappa shape index (κ3) is 3.77. The van der Waals surface area contributed by atoms with Gasteiger partial charge in [-0.2, -0.15) is 4.31 Å². The van der Waals surface area contributed by atoms with Gasteiger partial charge in [-0.1, -0.05) is 29.8 Å². The number of aromatic nitrogens is 1. The second-order valence-corrected chi connectivity index (χ2v) is 9.34. The Morgan fingerprint density at radius 3 is 2.48 bits per heavy atom. The van der Waals surface area contributed by atoms with E-state index in [0.29, 0.717) is 37.0 Å². The zero-order chi connectivity index (χ0) is 20.6. The van der Waals surface area contributed by atoms with Crippen LogP contribution >= 0.6 is 11.6 Å². The first-order chi connectivity index (χ1) is 13.9. The van der Waals surface area contributed by atoms with Crippen molar-refractivity contribution in [1.82, 2.24) is 9.29 Å². The zero-order valence-electron chi connectivity index (χ0n) is 16.3. The first-order valence-corrected chi connectivity index (χ1v) is 11.2. The molecule has 0 spiro atoms. The van der Waals surface area contributed by atoms with E-state index in [1.165, 1.54) is 17.5 Å². The maximum Gasteiger partial charge on any atom is 0.246 e. The molecular weight excluding hydrogens is 410 g/mol. The summed E-state index contributed by atoms with van der Waals surface area (Å²) in [4.78, 5) is 6.99. The van der Waals surface area contributed by atoms with Gasteiger partial charge in [-0.05, 0) is 42.8 Å². The Morgan fingerprint density at radius 2 is 1.76 bits per heavy atom. The number of benzene rings is 2. The van der Waals surface area contributed by atoms with Crippen LogP contribution in [0.15, 0.2) is 53.4 Å². The number of ether oxygens (including phenoxy) is 1. The minimum atomic E-state index is -3.70. The van der Waals surface area contributed by atoms with Crippen LogP contribution in [-0.2, 0) is 10.0 Å². The lowest BCUT2D eigenvalue weighted by Crippen LogP contribution is -2.49. The van der Waals surface area contributed by atoms with E-state index in [9.17, 15) is 8.42 Å². The summed E-state index contributed by atoms with van der Waals surface area (Å²) in [7, 11) is -2.25. The molecule has 0 bridgehead atoms. The van der Waals surface area contributed by atoms with Gasteiger partial charge in [-0.15, -0.1) is 0 Å². The quantitative estimate of drug-likeness (QED) is 0.630. The van der Waals surface area contributed by atoms with Crippen molar-refractivity contribution < 1.29 is 13.2 Å². The number of hydrogen-bond donors (Lipinski definition) is 0. The third-order valence-corrected chi connectivity index (χ3v) is 7.37. The van der Waals surface area contributed by atoms with Crippen molar-refractivity contribution >= 4 is 38.3 Å². The molecule has 1 aromatic heterocycles. The van der Waals surface area contributed by atoms with Crippen molar-refractivity contribution in [3.63, 3.8) is 0 Å². The molecule has 3 aromatic rings. The molecule has 1 aliphatic rings. The van der Waals surface area contributed by atoms with Crippen LogP contribution in [0.1, 0.15) is 5.56 Å². The number of anilines is 1. The van der Waals surface area contributed by atoms with Crippen LogP contribution in [0.2, 0.25) is 5.02 Å². The Morgan fingerprint density at radius 1 is 1.03 bits per heavy atom. The highest BCUT2D eigenvalue weighted by Crippen LogP contribution is 2.31. The van der Waals surface area contributed by atoms with Gasteiger partial charge in [0.25, 0.3) is 0 Å². The average Bonchev–Trinajstić information content (AvgIpc) is 2.74. The summed E-state index contributed by atoms with van der Waals surface area (Å²) in [6.45, 7) is 3.93. The third-order valence-electron chi connectivity index (χ3n) is 5.22. The molecule has 1 aliphatic heterocycles. The molecule has 0 N–H and O–H groups in total. The first-order valence-electron chi connectivity index (χ1n) is 9.35. The lowest BCUT2D eigenvalue weighted by molar-refractivity contribution is 0.373. The molecule has 6 nitrogen and oxygen atoms in total. The summed E-state index contributed by atoms with van der Waals surface area (Å²) in [5.74, 6) is 1.17. The summed E-state index contributed by atoms with van der Waals surface area (Å²) < 4.78 is 33.0. The number of fused-ring (bicyclic) bond motifs is 1. The standard InChI is InChI=1S/C21H22ClN3O3S/c1-15-13-21(23-18-6-4-3-5-17(15)18)24-9-11-25(12-10-24)29(26,27)20-14-16(22)7-8-19(20)28-2/h3-8,13-14H,9-12H2,1-2H3. The van der Waals surface area contributed by atoms with Gasteiger partial charge in [0.1, 0.15) is 16.5 Å². The molecule has 2 heterocycles. The summed E-state index contributed by atoms with van der Waals surface area (Å²) in [6, 6.07) is 14.7. The fraction of sp³-hybridized carbons (Fsp3) is 0.286. The monoisotopic (exact) mass is 431 g/mol. The largest absolute Gasteiger partial charge is 0.495 e. The van der Waals surface area contributed by atoms with Crippen molar-refractivity contribution in [2.24, 2.45) is 0 Å². The summed E-state index contributed by atoms with van der Waals surface area (Å²) in [5, 5.41) is 1.49. The molecule has 8 heteroatoms. The van der Waals surface area contributed by atoms with Crippen molar-refractivity contribution in [2.75, 3.05) is 38.2 Å². The number of methoxy groups -OCH3 is 1. The van der Waals surface area contributed by atoms with E-state index < -0.39 is 10.0 Å². The molecule has 2 aromatic carbocycles. The predicted octanol–water partition coefficient (Wildman–Crippen LogP) is 3.72. The van der Waals surface area contributed by atoms with E-state index in [4.69, 9.17) is 21.3 Å². The highest BCUT2D eigenvalue weighted by atomic mass is 35.5. The van der Waals surface area contributed by atoms with E-state index in [2.05, 4.69) is 24.0 Å². The van der Waals surface area contributed by atoms with Crippen LogP contribution in [-0.4, -0.2) is 51.0 Å². The molecule has 0 unspecified atom stereocenters. The molecule has 4 rings (SSSR count). The van der Waals surface area contributed by atoms with Gasteiger partial charge in [-0.3, -0.25) is 0 Å². The second kappa shape index (κ2) is 7.82. The second-order valence-electron chi connectivity index (χ2n) is 7.00. The van der Waals surface area contributed by atoms with Crippen LogP contribution < -0.4 is 9.64 Å². The molecule has 0 aliphatic carbocycles. The molecule has 0 amide bonds. The van der Waals surface area contributed by atoms with E-state index in [1.807, 2.05) is 18.2 Å². The molecule has 0 atom stereocenters. The van der Waals surface area contributed by atoms with E-state index in [0.717, 1.165) is 22.3 Å². The van der Waals surface area contributed by atoms with Gasteiger partial charge in [-0.25, -0.2) is 13.4 Å². The van der Waals surface area contributed by atoms with Gasteiger partial charge >= 0.3 is 0 Å². The molecule has 152 valence electrons. The summed E-state index contributed by atoms with van der Waals surface area (Å²) in [5.41, 5.74) is 2.10. The van der Waals surface area contributed by atoms with E-state index >= 15 is 0 Å². The van der Waals surface area contributed by atoms with Crippen molar-refractivity contribution in [3.8, 4) is 5.75 Å². The minimum absolute atomic E-state index is 0.0978. The van der Waals surface area contributed by atoms with Crippen molar-refractivity contribution in [1.29, 1.82) is 0 Å². The highest BCUT2D eigenvalue weighted by molar-refractivity contribution is 7.89. The highest BCUT2D eigenvalue weighted by Gasteiger charge is 2.31. The fourth-order valence-electron chi connectivity index (χ4n) is 3.64. The van der Waals surface area contributed by atoms with Gasteiger partial charge in [0.2, 0.25) is 10.0 Å². The van der Waals surface area contributed by atoms with Gasteiger partial charge in [0, 0.05) is 36.6 Å². The first kappa shape index (κ1) is 19.9. The van der Waals surface area contributed by atoms with Gasteiger partial charge in [0.15, 0.2) is 0 Å². The minimum Gasteiger partial charge on any atom is -0.495 e. The van der Waals surface area contributed by atoms with Crippen molar-refractivity contribution in [3.05, 3.63) is 59.1 Å². The molecule has 0 radical (unpaired) electrons. The number of aryl methyl sites for hydroxylation is 1. The summed E-state index contributed by atoms with van der Waals surface area (Å²) in [6.07, 6.45) is 0. The topological polar surface area (TPSA) is 62.7 Å². The van der Waals surface area contributed by atoms with Crippen LogP contribution in [0.3, 0.4) is 0 Å². The number of nitrogens with zero attached hydrogens (tertiary/aromatic N) is 3. The maximum absolute atomic E-state index is 13.1. The Bertz CT molecular complexity index is 1160. The Labute approximate surface area is 175 Å². The molecule has 1 saturated heterocycles. The number of sulfonamides is 1. The molecule has 29 heavy (non-hydrogen) atoms. The lowest BCUT2D eigenvalue weighted by Gasteiger charge is -2.35. The maximum atomic E-state index is 13.1. The number of rotatable bonds is 4. The predicted molar refractivity (Wildman–Crippen MR) is 115 cm³/mol. The van der Waals surface area contributed by atoms with Crippen LogP contribution in [0.5, 0.6) is 5.75 Å². The van der Waals surface area contributed by atoms with Gasteiger partial charge in [0.05, 0.1) is 12.6 Å². The average molecular weight is 432 g/mol. The number of hydrogen-bond acceptors (Lipinski definition) is 5. The molecular formula is C21H22ClN3O3S. The number of halogens is 1. The van der Waals surface area contributed by atoms with Crippen LogP contribution in [0.25, 0.3) is 10.9 Å². The Balaban J connectivity index is 1.56. The van der Waals surface area contributed by atoms with Crippen LogP contribution in [0.4, 0.5) is 5.82 Å². The van der Waals surface area contributed by atoms with E-state index in [1.54, 1.807) is 12.1 Å². The molecule has 1 fully saturated rings. The van der Waals surface area contributed by atoms with Crippen LogP contribution in [0, 0.1) is 6.92 Å². The normalized spacial score (nSPS) is 15.6. The van der Waals surface area contributed by atoms with Gasteiger partial charge < -0.3 is 9.64 Å². The Kier molecular flexibility index (Phi) is 5.38. The zero-order valence-corrected chi connectivity index (χ0v) is 17.9. The number of pyridine rings is 1. The van der Waals surface area contributed by atoms with E-state index in [-0.39, 0.29) is 4.90 Å².